The molecule has 1 aliphatic rings. The van der Waals surface area contributed by atoms with Crippen LogP contribution in [0.4, 0.5) is 0 Å². The summed E-state index contributed by atoms with van der Waals surface area (Å²) in [6.07, 6.45) is 6.73. The average Bonchev–Trinajstić information content (AvgIpc) is 2.96. The van der Waals surface area contributed by atoms with Gasteiger partial charge in [-0.2, -0.15) is 4.98 Å². The van der Waals surface area contributed by atoms with E-state index in [1.54, 1.807) is 0 Å². The van der Waals surface area contributed by atoms with E-state index in [0.717, 1.165) is 24.8 Å². The quantitative estimate of drug-likeness (QED) is 0.921. The Balaban J connectivity index is 1.79. The predicted octanol–water partition coefficient (Wildman–Crippen LogP) is 2.41. The molecule has 0 aromatic carbocycles. The summed E-state index contributed by atoms with van der Waals surface area (Å²) in [4.78, 5) is 4.37. The molecule has 0 aliphatic heterocycles. The van der Waals surface area contributed by atoms with Crippen LogP contribution in [0.25, 0.3) is 0 Å². The van der Waals surface area contributed by atoms with Gasteiger partial charge in [-0.05, 0) is 24.8 Å². The number of hydrogen-bond acceptors (Lipinski definition) is 4. The van der Waals surface area contributed by atoms with Gasteiger partial charge in [0.15, 0.2) is 5.82 Å². The number of rotatable bonds is 3. The maximum atomic E-state index is 9.95. The molecule has 1 unspecified atom stereocenters. The van der Waals surface area contributed by atoms with Crippen molar-refractivity contribution >= 4 is 0 Å². The normalized spacial score (nSPS) is 18.8. The van der Waals surface area contributed by atoms with Crippen LogP contribution in [-0.4, -0.2) is 19.8 Å². The summed E-state index contributed by atoms with van der Waals surface area (Å²) in [5, 5.41) is 13.9. The minimum absolute atomic E-state index is 0.251. The number of aryl methyl sites for hydroxylation is 1. The Morgan fingerprint density at radius 2 is 2.32 bits per heavy atom. The molecule has 0 saturated carbocycles. The number of fused-ring (bicyclic) bond motifs is 1. The van der Waals surface area contributed by atoms with E-state index in [0.29, 0.717) is 18.3 Å². The van der Waals surface area contributed by atoms with Crippen molar-refractivity contribution in [2.24, 2.45) is 0 Å². The molecule has 1 atom stereocenters. The highest BCUT2D eigenvalue weighted by Gasteiger charge is 2.20. The first kappa shape index (κ1) is 12.4. The standard InChI is InChI=1S/C14H19N3O2/c1-9(2)14-15-13(16-19-14)8-17-6-10-4-3-5-12(18)11(10)7-17/h6-7,9,12,18H,3-5,8H2,1-2H3. The molecule has 0 saturated heterocycles. The van der Waals surface area contributed by atoms with Gasteiger partial charge < -0.3 is 14.2 Å². The molecular weight excluding hydrogens is 242 g/mol. The number of aliphatic hydroxyl groups is 1. The molecule has 3 rings (SSSR count). The smallest absolute Gasteiger partial charge is 0.229 e. The summed E-state index contributed by atoms with van der Waals surface area (Å²) in [6.45, 7) is 4.65. The van der Waals surface area contributed by atoms with E-state index in [1.165, 1.54) is 5.56 Å². The highest BCUT2D eigenvalue weighted by Crippen LogP contribution is 2.30. The average molecular weight is 261 g/mol. The van der Waals surface area contributed by atoms with Crippen molar-refractivity contribution in [1.29, 1.82) is 0 Å². The Bertz CT molecular complexity index is 571. The van der Waals surface area contributed by atoms with Crippen molar-refractivity contribution in [3.05, 3.63) is 35.2 Å². The fourth-order valence-electron chi connectivity index (χ4n) is 2.54. The first-order valence-electron chi connectivity index (χ1n) is 6.82. The van der Waals surface area contributed by atoms with Crippen molar-refractivity contribution < 1.29 is 9.63 Å². The lowest BCUT2D eigenvalue weighted by Crippen LogP contribution is -2.05. The van der Waals surface area contributed by atoms with Crippen molar-refractivity contribution in [1.82, 2.24) is 14.7 Å². The van der Waals surface area contributed by atoms with Crippen molar-refractivity contribution in [2.45, 2.75) is 51.7 Å². The fraction of sp³-hybridized carbons (Fsp3) is 0.571. The Labute approximate surface area is 112 Å². The third-order valence-corrected chi connectivity index (χ3v) is 3.58. The van der Waals surface area contributed by atoms with Crippen LogP contribution >= 0.6 is 0 Å². The number of nitrogens with zero attached hydrogens (tertiary/aromatic N) is 3. The second kappa shape index (κ2) is 4.81. The molecule has 5 heteroatoms. The maximum Gasteiger partial charge on any atom is 0.229 e. The first-order chi connectivity index (χ1) is 9.13. The van der Waals surface area contributed by atoms with E-state index in [9.17, 15) is 5.11 Å². The van der Waals surface area contributed by atoms with Crippen LogP contribution in [0, 0.1) is 0 Å². The Morgan fingerprint density at radius 3 is 3.00 bits per heavy atom. The largest absolute Gasteiger partial charge is 0.388 e. The second-order valence-corrected chi connectivity index (χ2v) is 5.52. The van der Waals surface area contributed by atoms with Gasteiger partial charge in [0.2, 0.25) is 5.89 Å². The van der Waals surface area contributed by atoms with Gasteiger partial charge in [0.05, 0.1) is 12.6 Å². The molecule has 0 bridgehead atoms. The van der Waals surface area contributed by atoms with Crippen LogP contribution in [0.15, 0.2) is 16.9 Å². The number of aliphatic hydroxyl groups excluding tert-OH is 1. The van der Waals surface area contributed by atoms with Crippen LogP contribution < -0.4 is 0 Å². The topological polar surface area (TPSA) is 64.1 Å². The molecule has 5 nitrogen and oxygen atoms in total. The van der Waals surface area contributed by atoms with Crippen LogP contribution in [0.3, 0.4) is 0 Å². The zero-order valence-corrected chi connectivity index (χ0v) is 11.3. The Kier molecular flexibility index (Phi) is 3.14. The molecule has 0 fully saturated rings. The Morgan fingerprint density at radius 1 is 1.47 bits per heavy atom. The highest BCUT2D eigenvalue weighted by molar-refractivity contribution is 5.29. The van der Waals surface area contributed by atoms with Crippen LogP contribution in [0.1, 0.15) is 61.6 Å². The van der Waals surface area contributed by atoms with E-state index in [-0.39, 0.29) is 12.0 Å². The van der Waals surface area contributed by atoms with Gasteiger partial charge in [-0.1, -0.05) is 19.0 Å². The van der Waals surface area contributed by atoms with Crippen LogP contribution in [-0.2, 0) is 13.0 Å². The van der Waals surface area contributed by atoms with E-state index < -0.39 is 0 Å². The first-order valence-corrected chi connectivity index (χ1v) is 6.82. The van der Waals surface area contributed by atoms with Crippen LogP contribution in [0.2, 0.25) is 0 Å². The summed E-state index contributed by atoms with van der Waals surface area (Å²) < 4.78 is 7.23. The number of hydrogen-bond donors (Lipinski definition) is 1. The van der Waals surface area contributed by atoms with E-state index in [4.69, 9.17) is 4.52 Å². The highest BCUT2D eigenvalue weighted by atomic mass is 16.5. The molecule has 0 radical (unpaired) electrons. The van der Waals surface area contributed by atoms with Crippen molar-refractivity contribution in [3.8, 4) is 0 Å². The maximum absolute atomic E-state index is 9.95. The molecule has 102 valence electrons. The van der Waals surface area contributed by atoms with Crippen molar-refractivity contribution in [2.75, 3.05) is 0 Å². The fourth-order valence-corrected chi connectivity index (χ4v) is 2.54. The van der Waals surface area contributed by atoms with E-state index >= 15 is 0 Å². The summed E-state index contributed by atoms with van der Waals surface area (Å²) >= 11 is 0. The number of aromatic nitrogens is 3. The van der Waals surface area contributed by atoms with Gasteiger partial charge >= 0.3 is 0 Å². The summed E-state index contributed by atoms with van der Waals surface area (Å²) in [5.41, 5.74) is 2.30. The molecule has 0 amide bonds. The SMILES string of the molecule is CC(C)c1nc(Cn2cc3c(c2)C(O)CCC3)no1. The lowest BCUT2D eigenvalue weighted by Gasteiger charge is -2.16. The van der Waals surface area contributed by atoms with E-state index in [2.05, 4.69) is 16.3 Å². The minimum Gasteiger partial charge on any atom is -0.388 e. The molecule has 1 aliphatic carbocycles. The predicted molar refractivity (Wildman–Crippen MR) is 69.8 cm³/mol. The minimum atomic E-state index is -0.318. The lowest BCUT2D eigenvalue weighted by molar-refractivity contribution is 0.157. The third-order valence-electron chi connectivity index (χ3n) is 3.58. The monoisotopic (exact) mass is 261 g/mol. The molecule has 2 aromatic rings. The van der Waals surface area contributed by atoms with Gasteiger partial charge in [-0.25, -0.2) is 0 Å². The molecule has 19 heavy (non-hydrogen) atoms. The van der Waals surface area contributed by atoms with Gasteiger partial charge in [-0.3, -0.25) is 0 Å². The summed E-state index contributed by atoms with van der Waals surface area (Å²) in [7, 11) is 0. The van der Waals surface area contributed by atoms with E-state index in [1.807, 2.05) is 24.6 Å². The molecule has 2 aromatic heterocycles. The molecular formula is C14H19N3O2. The van der Waals surface area contributed by atoms with Crippen molar-refractivity contribution in [3.63, 3.8) is 0 Å². The van der Waals surface area contributed by atoms with Gasteiger partial charge in [0.1, 0.15) is 0 Å². The molecule has 0 spiro atoms. The summed E-state index contributed by atoms with van der Waals surface area (Å²) in [5.74, 6) is 1.61. The zero-order chi connectivity index (χ0) is 13.4. The van der Waals surface area contributed by atoms with Gasteiger partial charge in [-0.15, -0.1) is 0 Å². The molecule has 1 N–H and O–H groups in total. The molecule has 2 heterocycles. The second-order valence-electron chi connectivity index (χ2n) is 5.52. The zero-order valence-electron chi connectivity index (χ0n) is 11.3. The third kappa shape index (κ3) is 2.42. The van der Waals surface area contributed by atoms with Crippen LogP contribution in [0.5, 0.6) is 0 Å². The summed E-state index contributed by atoms with van der Waals surface area (Å²) in [6, 6.07) is 0. The Hall–Kier alpha value is -1.62. The van der Waals surface area contributed by atoms with Gasteiger partial charge in [0.25, 0.3) is 0 Å². The lowest BCUT2D eigenvalue weighted by atomic mass is 9.93. The van der Waals surface area contributed by atoms with Gasteiger partial charge in [0, 0.05) is 23.9 Å².